The van der Waals surface area contributed by atoms with Crippen LogP contribution in [-0.4, -0.2) is 43.8 Å². The minimum absolute atomic E-state index is 0.0176. The Hall–Kier alpha value is -2.05. The minimum Gasteiger partial charge on any atom is -0.458 e. The first-order valence-electron chi connectivity index (χ1n) is 8.93. The number of ether oxygens (including phenoxy) is 2. The summed E-state index contributed by atoms with van der Waals surface area (Å²) in [6.45, 7) is 13.7. The molecule has 0 saturated heterocycles. The van der Waals surface area contributed by atoms with Gasteiger partial charge in [0.25, 0.3) is 0 Å². The second kappa shape index (κ2) is 9.05. The van der Waals surface area contributed by atoms with Gasteiger partial charge in [0.1, 0.15) is 12.7 Å². The quantitative estimate of drug-likeness (QED) is 0.390. The van der Waals surface area contributed by atoms with Crippen molar-refractivity contribution in [1.29, 1.82) is 0 Å². The molecule has 1 saturated carbocycles. The Morgan fingerprint density at radius 1 is 1.31 bits per heavy atom. The van der Waals surface area contributed by atoms with Gasteiger partial charge in [0.2, 0.25) is 6.41 Å². The van der Waals surface area contributed by atoms with Crippen molar-refractivity contribution in [3.05, 3.63) is 12.2 Å². The van der Waals surface area contributed by atoms with Crippen LogP contribution in [0.15, 0.2) is 12.2 Å². The van der Waals surface area contributed by atoms with Crippen molar-refractivity contribution in [2.75, 3.05) is 13.2 Å². The monoisotopic (exact) mass is 368 g/mol. The molecule has 1 aliphatic rings. The molecule has 7 heteroatoms. The molecular formula is C19H32N2O5. The lowest BCUT2D eigenvalue weighted by Gasteiger charge is -2.46. The van der Waals surface area contributed by atoms with E-state index < -0.39 is 18.2 Å². The fourth-order valence-corrected chi connectivity index (χ4v) is 3.89. The van der Waals surface area contributed by atoms with Gasteiger partial charge in [0.05, 0.1) is 0 Å². The average molecular weight is 368 g/mol. The molecule has 7 nitrogen and oxygen atoms in total. The molecule has 0 bridgehead atoms. The van der Waals surface area contributed by atoms with Gasteiger partial charge in [-0.15, -0.1) is 0 Å². The maximum Gasteiger partial charge on any atom is 0.407 e. The van der Waals surface area contributed by atoms with E-state index in [4.69, 9.17) is 9.47 Å². The molecule has 0 aromatic rings. The molecule has 0 aromatic heterocycles. The van der Waals surface area contributed by atoms with Crippen molar-refractivity contribution in [1.82, 2.24) is 10.6 Å². The third-order valence-electron chi connectivity index (χ3n) is 4.48. The Labute approximate surface area is 155 Å². The summed E-state index contributed by atoms with van der Waals surface area (Å²) in [5, 5.41) is 5.67. The highest BCUT2D eigenvalue weighted by atomic mass is 16.6. The lowest BCUT2D eigenvalue weighted by atomic mass is 9.62. The Bertz CT molecular complexity index is 546. The first kappa shape index (κ1) is 22.0. The zero-order chi connectivity index (χ0) is 20.0. The Kier molecular flexibility index (Phi) is 7.66. The smallest absolute Gasteiger partial charge is 0.407 e. The Morgan fingerprint density at radius 3 is 2.54 bits per heavy atom. The molecule has 0 aromatic carbocycles. The predicted molar refractivity (Wildman–Crippen MR) is 98.4 cm³/mol. The standard InChI is InChI=1S/C19H32N2O5/c1-13(2)16(23)25-9-14(3)26-17(24)21-15-7-18(4,5)10-19(6,8-15)11-20-12-22/h12,14-15H,1,7-11H2,2-6H3,(H,20,22)(H,21,24). The minimum atomic E-state index is -0.557. The summed E-state index contributed by atoms with van der Waals surface area (Å²) in [5.41, 5.74) is 0.246. The van der Waals surface area contributed by atoms with E-state index in [1.165, 1.54) is 0 Å². The van der Waals surface area contributed by atoms with Crippen LogP contribution in [0.5, 0.6) is 0 Å². The second-order valence-corrected chi connectivity index (χ2v) is 8.49. The van der Waals surface area contributed by atoms with Crippen molar-refractivity contribution in [3.63, 3.8) is 0 Å². The number of carbonyl (C=O) groups is 3. The van der Waals surface area contributed by atoms with Gasteiger partial charge in [-0.3, -0.25) is 4.79 Å². The van der Waals surface area contributed by atoms with Crippen molar-refractivity contribution in [3.8, 4) is 0 Å². The molecule has 2 N–H and O–H groups in total. The number of nitrogens with one attached hydrogen (secondary N) is 2. The van der Waals surface area contributed by atoms with E-state index in [2.05, 4.69) is 38.0 Å². The van der Waals surface area contributed by atoms with Crippen LogP contribution in [0.1, 0.15) is 53.9 Å². The van der Waals surface area contributed by atoms with E-state index in [9.17, 15) is 14.4 Å². The average Bonchev–Trinajstić information content (AvgIpc) is 2.48. The van der Waals surface area contributed by atoms with E-state index in [0.29, 0.717) is 18.5 Å². The van der Waals surface area contributed by atoms with E-state index in [1.807, 2.05) is 0 Å². The van der Waals surface area contributed by atoms with E-state index in [-0.39, 0.29) is 23.5 Å². The van der Waals surface area contributed by atoms with Gasteiger partial charge in [-0.05, 0) is 43.9 Å². The fraction of sp³-hybridized carbons (Fsp3) is 0.737. The normalized spacial score (nSPS) is 25.5. The van der Waals surface area contributed by atoms with Gasteiger partial charge in [-0.2, -0.15) is 0 Å². The lowest BCUT2D eigenvalue weighted by molar-refractivity contribution is -0.141. The van der Waals surface area contributed by atoms with Crippen molar-refractivity contribution < 1.29 is 23.9 Å². The SMILES string of the molecule is C=C(C)C(=O)OCC(C)OC(=O)NC1CC(C)(C)CC(C)(CNC=O)C1. The predicted octanol–water partition coefficient (Wildman–Crippen LogP) is 2.55. The van der Waals surface area contributed by atoms with Crippen molar-refractivity contribution in [2.45, 2.75) is 66.0 Å². The molecule has 3 atom stereocenters. The van der Waals surface area contributed by atoms with Gasteiger partial charge < -0.3 is 20.1 Å². The van der Waals surface area contributed by atoms with Crippen LogP contribution in [0.2, 0.25) is 0 Å². The van der Waals surface area contributed by atoms with Crippen LogP contribution in [0.4, 0.5) is 4.79 Å². The van der Waals surface area contributed by atoms with Gasteiger partial charge in [-0.25, -0.2) is 9.59 Å². The lowest BCUT2D eigenvalue weighted by Crippen LogP contribution is -2.50. The van der Waals surface area contributed by atoms with E-state index in [0.717, 1.165) is 19.3 Å². The maximum absolute atomic E-state index is 12.2. The molecular weight excluding hydrogens is 336 g/mol. The third-order valence-corrected chi connectivity index (χ3v) is 4.48. The van der Waals surface area contributed by atoms with Crippen LogP contribution in [0.3, 0.4) is 0 Å². The summed E-state index contributed by atoms with van der Waals surface area (Å²) in [7, 11) is 0. The molecule has 3 unspecified atom stereocenters. The van der Waals surface area contributed by atoms with Gasteiger partial charge >= 0.3 is 12.1 Å². The molecule has 26 heavy (non-hydrogen) atoms. The molecule has 0 aliphatic heterocycles. The number of carbonyl (C=O) groups excluding carboxylic acids is 3. The van der Waals surface area contributed by atoms with E-state index in [1.54, 1.807) is 13.8 Å². The first-order chi connectivity index (χ1) is 12.0. The van der Waals surface area contributed by atoms with Gasteiger partial charge in [-0.1, -0.05) is 27.4 Å². The summed E-state index contributed by atoms with van der Waals surface area (Å²) < 4.78 is 10.3. The zero-order valence-electron chi connectivity index (χ0n) is 16.5. The highest BCUT2D eigenvalue weighted by Crippen LogP contribution is 2.45. The second-order valence-electron chi connectivity index (χ2n) is 8.49. The number of rotatable bonds is 8. The summed E-state index contributed by atoms with van der Waals surface area (Å²) in [5.74, 6) is -0.506. The van der Waals surface area contributed by atoms with E-state index >= 15 is 0 Å². The highest BCUT2D eigenvalue weighted by molar-refractivity contribution is 5.86. The highest BCUT2D eigenvalue weighted by Gasteiger charge is 2.41. The number of hydrogen-bond acceptors (Lipinski definition) is 5. The van der Waals surface area contributed by atoms with Crippen LogP contribution in [0.25, 0.3) is 0 Å². The molecule has 0 radical (unpaired) electrons. The first-order valence-corrected chi connectivity index (χ1v) is 8.93. The molecule has 1 fully saturated rings. The number of alkyl carbamates (subject to hydrolysis) is 1. The Balaban J connectivity index is 2.54. The maximum atomic E-state index is 12.2. The topological polar surface area (TPSA) is 93.7 Å². The van der Waals surface area contributed by atoms with Gasteiger partial charge in [0.15, 0.2) is 0 Å². The third kappa shape index (κ3) is 7.45. The van der Waals surface area contributed by atoms with Crippen LogP contribution in [-0.2, 0) is 19.1 Å². The van der Waals surface area contributed by atoms with Gasteiger partial charge in [0, 0.05) is 18.2 Å². The van der Waals surface area contributed by atoms with Crippen LogP contribution in [0, 0.1) is 10.8 Å². The summed E-state index contributed by atoms with van der Waals surface area (Å²) in [6, 6.07) is -0.0464. The summed E-state index contributed by atoms with van der Waals surface area (Å²) >= 11 is 0. The molecule has 0 heterocycles. The molecule has 148 valence electrons. The fourth-order valence-electron chi connectivity index (χ4n) is 3.89. The largest absolute Gasteiger partial charge is 0.458 e. The molecule has 1 rings (SSSR count). The Morgan fingerprint density at radius 2 is 1.96 bits per heavy atom. The molecule has 2 amide bonds. The number of amides is 2. The van der Waals surface area contributed by atoms with Crippen molar-refractivity contribution in [2.24, 2.45) is 10.8 Å². The zero-order valence-corrected chi connectivity index (χ0v) is 16.5. The summed E-state index contributed by atoms with van der Waals surface area (Å²) in [4.78, 5) is 34.2. The van der Waals surface area contributed by atoms with Crippen molar-refractivity contribution >= 4 is 18.5 Å². The molecule has 1 aliphatic carbocycles. The van der Waals surface area contributed by atoms with Crippen LogP contribution >= 0.6 is 0 Å². The number of esters is 1. The molecule has 0 spiro atoms. The summed E-state index contributed by atoms with van der Waals surface area (Å²) in [6.07, 6.45) is 2.16. The number of hydrogen-bond donors (Lipinski definition) is 2. The van der Waals surface area contributed by atoms with Crippen LogP contribution < -0.4 is 10.6 Å².